The molecule has 0 aromatic carbocycles. The first-order valence-corrected chi connectivity index (χ1v) is 6.40. The Morgan fingerprint density at radius 1 is 1.35 bits per heavy atom. The Kier molecular flexibility index (Phi) is 3.26. The van der Waals surface area contributed by atoms with Gasteiger partial charge in [0.15, 0.2) is 5.95 Å². The van der Waals surface area contributed by atoms with Gasteiger partial charge in [0.05, 0.1) is 12.1 Å². The number of rotatable bonds is 2. The lowest BCUT2D eigenvalue weighted by molar-refractivity contribution is -0.772. The summed E-state index contributed by atoms with van der Waals surface area (Å²) in [6, 6.07) is 0.788. The normalized spacial score (nSPS) is 25.6. The van der Waals surface area contributed by atoms with Crippen LogP contribution in [0, 0.1) is 0 Å². The molecular weight excluding hydrogens is 218 g/mol. The Morgan fingerprint density at radius 2 is 1.94 bits per heavy atom. The van der Waals surface area contributed by atoms with Crippen molar-refractivity contribution in [2.45, 2.75) is 65.0 Å². The lowest BCUT2D eigenvalue weighted by atomic mass is 10.00. The van der Waals surface area contributed by atoms with Crippen molar-refractivity contribution in [3.05, 3.63) is 5.69 Å². The van der Waals surface area contributed by atoms with Crippen molar-refractivity contribution in [3.8, 4) is 5.95 Å². The molecule has 2 unspecified atom stereocenters. The van der Waals surface area contributed by atoms with Gasteiger partial charge >= 0.3 is 0 Å². The van der Waals surface area contributed by atoms with E-state index in [1.807, 2.05) is 13.8 Å². The summed E-state index contributed by atoms with van der Waals surface area (Å²) in [7, 11) is 0. The summed E-state index contributed by atoms with van der Waals surface area (Å²) in [6.45, 7) is 8.32. The van der Waals surface area contributed by atoms with E-state index in [2.05, 4.69) is 24.1 Å². The van der Waals surface area contributed by atoms with Crippen molar-refractivity contribution >= 4 is 0 Å². The quantitative estimate of drug-likeness (QED) is 0.724. The first-order chi connectivity index (χ1) is 8.02. The van der Waals surface area contributed by atoms with Gasteiger partial charge in [0.2, 0.25) is 0 Å². The first-order valence-electron chi connectivity index (χ1n) is 6.40. The van der Waals surface area contributed by atoms with Crippen molar-refractivity contribution in [3.63, 3.8) is 0 Å². The zero-order valence-electron chi connectivity index (χ0n) is 11.0. The Bertz CT molecular complexity index is 379. The van der Waals surface area contributed by atoms with E-state index in [1.165, 1.54) is 6.42 Å². The second kappa shape index (κ2) is 4.55. The van der Waals surface area contributed by atoms with Crippen LogP contribution in [-0.4, -0.2) is 17.4 Å². The fraction of sp³-hybridized carbons (Fsp3) is 0.833. The van der Waals surface area contributed by atoms with Crippen molar-refractivity contribution in [2.24, 2.45) is 0 Å². The van der Waals surface area contributed by atoms with Crippen LogP contribution in [0.5, 0.6) is 5.95 Å². The summed E-state index contributed by atoms with van der Waals surface area (Å²) in [5.74, 6) is -0.194. The summed E-state index contributed by atoms with van der Waals surface area (Å²) in [4.78, 5) is 1.70. The highest BCUT2D eigenvalue weighted by molar-refractivity contribution is 5.08. The first kappa shape index (κ1) is 12.2. The molecule has 1 fully saturated rings. The van der Waals surface area contributed by atoms with Crippen LogP contribution in [0.3, 0.4) is 0 Å². The molecule has 0 spiro atoms. The van der Waals surface area contributed by atoms with E-state index in [-0.39, 0.29) is 11.9 Å². The molecule has 1 aliphatic rings. The summed E-state index contributed by atoms with van der Waals surface area (Å²) in [6.07, 6.45) is 3.50. The summed E-state index contributed by atoms with van der Waals surface area (Å²) < 4.78 is 4.82. The molecule has 1 aliphatic heterocycles. The van der Waals surface area contributed by atoms with Gasteiger partial charge < -0.3 is 9.63 Å². The molecule has 0 N–H and O–H groups in total. The van der Waals surface area contributed by atoms with Crippen molar-refractivity contribution in [1.29, 1.82) is 0 Å². The summed E-state index contributed by atoms with van der Waals surface area (Å²) >= 11 is 0. The maximum absolute atomic E-state index is 11.7. The van der Waals surface area contributed by atoms with Gasteiger partial charge in [0.25, 0.3) is 5.69 Å². The lowest BCUT2D eigenvalue weighted by Crippen LogP contribution is -2.69. The van der Waals surface area contributed by atoms with Crippen molar-refractivity contribution in [1.82, 2.24) is 5.27 Å². The zero-order chi connectivity index (χ0) is 12.6. The predicted molar refractivity (Wildman–Crippen MR) is 61.2 cm³/mol. The number of piperidine rings is 1. The molecule has 17 heavy (non-hydrogen) atoms. The molecule has 2 atom stereocenters. The van der Waals surface area contributed by atoms with E-state index in [0.29, 0.717) is 17.8 Å². The Morgan fingerprint density at radius 3 is 2.47 bits per heavy atom. The van der Waals surface area contributed by atoms with Crippen LogP contribution < -0.4 is 14.9 Å². The fourth-order valence-corrected chi connectivity index (χ4v) is 2.66. The van der Waals surface area contributed by atoms with Gasteiger partial charge in [-0.25, -0.2) is 0 Å². The maximum Gasteiger partial charge on any atom is 0.269 e. The van der Waals surface area contributed by atoms with E-state index in [1.54, 1.807) is 4.79 Å². The molecule has 5 heteroatoms. The standard InChI is InChI=1S/C12H21N3O2/c1-8(2)11-12(16)17-13-15(11)14-9(3)6-5-7-10(14)4/h8-10H,5-7H2,1-4H3. The molecule has 1 aromatic rings. The summed E-state index contributed by atoms with van der Waals surface area (Å²) in [5, 5.41) is 17.7. The van der Waals surface area contributed by atoms with Gasteiger partial charge in [-0.05, 0) is 33.1 Å². The minimum Gasteiger partial charge on any atom is -0.539 e. The fourth-order valence-electron chi connectivity index (χ4n) is 2.66. The Balaban J connectivity index is 2.38. The highest BCUT2D eigenvalue weighted by atomic mass is 16.6. The van der Waals surface area contributed by atoms with Crippen molar-refractivity contribution in [2.75, 3.05) is 5.01 Å². The van der Waals surface area contributed by atoms with E-state index in [0.717, 1.165) is 12.8 Å². The molecule has 0 radical (unpaired) electrons. The van der Waals surface area contributed by atoms with E-state index in [4.69, 9.17) is 4.52 Å². The molecule has 2 rings (SSSR count). The molecule has 2 heterocycles. The van der Waals surface area contributed by atoms with Crippen LogP contribution in [0.4, 0.5) is 0 Å². The number of hydrogen-bond acceptors (Lipinski definition) is 4. The van der Waals surface area contributed by atoms with Crippen LogP contribution in [0.2, 0.25) is 0 Å². The van der Waals surface area contributed by atoms with Gasteiger partial charge in [-0.1, -0.05) is 13.8 Å². The van der Waals surface area contributed by atoms with Gasteiger partial charge in [-0.15, -0.1) is 5.01 Å². The van der Waals surface area contributed by atoms with Gasteiger partial charge in [-0.2, -0.15) is 0 Å². The molecule has 96 valence electrons. The van der Waals surface area contributed by atoms with Gasteiger partial charge in [0, 0.05) is 10.7 Å². The SMILES string of the molecule is CC(C)c1c([O-])on[n+]1N1C(C)CCCC1C. The molecule has 1 saturated heterocycles. The van der Waals surface area contributed by atoms with Gasteiger partial charge in [0.1, 0.15) is 5.27 Å². The average molecular weight is 239 g/mol. The third-order valence-corrected chi connectivity index (χ3v) is 3.54. The van der Waals surface area contributed by atoms with Crippen LogP contribution in [0.15, 0.2) is 4.52 Å². The van der Waals surface area contributed by atoms with E-state index in [9.17, 15) is 5.11 Å². The second-order valence-corrected chi connectivity index (χ2v) is 5.30. The molecule has 0 bridgehead atoms. The highest BCUT2D eigenvalue weighted by Crippen LogP contribution is 2.22. The molecule has 1 aromatic heterocycles. The minimum atomic E-state index is -0.315. The van der Waals surface area contributed by atoms with E-state index >= 15 is 0 Å². The maximum atomic E-state index is 11.7. The molecule has 5 nitrogen and oxygen atoms in total. The van der Waals surface area contributed by atoms with Crippen LogP contribution >= 0.6 is 0 Å². The van der Waals surface area contributed by atoms with Crippen LogP contribution in [-0.2, 0) is 0 Å². The minimum absolute atomic E-state index is 0.120. The second-order valence-electron chi connectivity index (χ2n) is 5.30. The Hall–Kier alpha value is -1.26. The molecular formula is C12H21N3O2. The average Bonchev–Trinajstić information content (AvgIpc) is 2.60. The smallest absolute Gasteiger partial charge is 0.269 e. The zero-order valence-corrected chi connectivity index (χ0v) is 11.0. The largest absolute Gasteiger partial charge is 0.539 e. The van der Waals surface area contributed by atoms with Crippen LogP contribution in [0.1, 0.15) is 58.6 Å². The highest BCUT2D eigenvalue weighted by Gasteiger charge is 2.36. The third kappa shape index (κ3) is 2.10. The topological polar surface area (TPSA) is 56.2 Å². The van der Waals surface area contributed by atoms with Crippen molar-refractivity contribution < 1.29 is 14.4 Å². The Labute approximate surface area is 102 Å². The monoisotopic (exact) mass is 239 g/mol. The predicted octanol–water partition coefficient (Wildman–Crippen LogP) is 1.06. The number of aromatic nitrogens is 2. The van der Waals surface area contributed by atoms with E-state index < -0.39 is 0 Å². The molecule has 0 saturated carbocycles. The lowest BCUT2D eigenvalue weighted by Gasteiger charge is -2.32. The molecule has 0 aliphatic carbocycles. The third-order valence-electron chi connectivity index (χ3n) is 3.54. The summed E-state index contributed by atoms with van der Waals surface area (Å²) in [5.41, 5.74) is 0.644. The van der Waals surface area contributed by atoms with Crippen LogP contribution in [0.25, 0.3) is 0 Å². The van der Waals surface area contributed by atoms with Gasteiger partial charge in [-0.3, -0.25) is 0 Å². The number of hydrogen-bond donors (Lipinski definition) is 0. The molecule has 0 amide bonds. The number of nitrogens with zero attached hydrogens (tertiary/aromatic N) is 3.